The van der Waals surface area contributed by atoms with Gasteiger partial charge in [-0.2, -0.15) is 0 Å². The van der Waals surface area contributed by atoms with E-state index in [1.807, 2.05) is 0 Å². The number of rotatable bonds is 9. The molecule has 18 heavy (non-hydrogen) atoms. The normalized spacial score (nSPS) is 12.4. The summed E-state index contributed by atoms with van der Waals surface area (Å²) >= 11 is 5.86. The van der Waals surface area contributed by atoms with E-state index < -0.39 is 11.8 Å². The Bertz CT molecular complexity index is 277. The zero-order chi connectivity index (χ0) is 14.0. The molecule has 0 N–H and O–H groups in total. The molecule has 0 fully saturated rings. The van der Waals surface area contributed by atoms with E-state index in [4.69, 9.17) is 25.8 Å². The van der Waals surface area contributed by atoms with Crippen LogP contribution in [0.2, 0.25) is 0 Å². The van der Waals surface area contributed by atoms with Gasteiger partial charge in [0.2, 0.25) is 11.5 Å². The average molecular weight is 282 g/mol. The van der Waals surface area contributed by atoms with Gasteiger partial charge in [0.1, 0.15) is 7.11 Å². The molecule has 0 aliphatic rings. The molecular formula is C11H20ClNO5. The van der Waals surface area contributed by atoms with Gasteiger partial charge in [-0.1, -0.05) is 5.16 Å². The number of halogens is 1. The van der Waals surface area contributed by atoms with Gasteiger partial charge >= 0.3 is 5.97 Å². The van der Waals surface area contributed by atoms with Crippen molar-refractivity contribution in [3.8, 4) is 0 Å². The minimum atomic E-state index is -1.45. The summed E-state index contributed by atoms with van der Waals surface area (Å²) in [7, 11) is 1.32. The Labute approximate surface area is 112 Å². The highest BCUT2D eigenvalue weighted by atomic mass is 35.5. The largest absolute Gasteiger partial charge is 0.461 e. The van der Waals surface area contributed by atoms with Crippen LogP contribution in [0.3, 0.4) is 0 Å². The van der Waals surface area contributed by atoms with E-state index in [1.165, 1.54) is 7.11 Å². The van der Waals surface area contributed by atoms with Crippen LogP contribution in [0, 0.1) is 0 Å². The van der Waals surface area contributed by atoms with Crippen molar-refractivity contribution in [2.75, 3.05) is 32.8 Å². The Morgan fingerprint density at radius 3 is 2.06 bits per heavy atom. The number of carbonyl (C=O) groups is 1. The lowest BCUT2D eigenvalue weighted by Crippen LogP contribution is -2.50. The topological polar surface area (TPSA) is 66.4 Å². The fraction of sp³-hybridized carbons (Fsp3) is 0.818. The minimum absolute atomic E-state index is 0.102. The fourth-order valence-electron chi connectivity index (χ4n) is 1.34. The van der Waals surface area contributed by atoms with E-state index in [2.05, 4.69) is 9.99 Å². The standard InChI is InChI=1S/C11H20ClNO5/c1-5-16-10(14)9(13-15-4)11(8-12,17-6-2)18-7-3/h5-8H2,1-4H3. The van der Waals surface area contributed by atoms with E-state index >= 15 is 0 Å². The molecule has 0 saturated carbocycles. The van der Waals surface area contributed by atoms with Crippen molar-refractivity contribution in [2.45, 2.75) is 26.6 Å². The van der Waals surface area contributed by atoms with Gasteiger partial charge in [-0.25, -0.2) is 4.79 Å². The second kappa shape index (κ2) is 9.13. The van der Waals surface area contributed by atoms with Crippen LogP contribution in [0.4, 0.5) is 0 Å². The van der Waals surface area contributed by atoms with E-state index in [1.54, 1.807) is 20.8 Å². The molecule has 0 rings (SSSR count). The van der Waals surface area contributed by atoms with Gasteiger partial charge in [0.15, 0.2) is 0 Å². The molecule has 0 aromatic heterocycles. The van der Waals surface area contributed by atoms with Crippen molar-refractivity contribution in [3.05, 3.63) is 0 Å². The number of carbonyl (C=O) groups excluding carboxylic acids is 1. The molecule has 0 heterocycles. The molecule has 106 valence electrons. The smallest absolute Gasteiger partial charge is 0.361 e. The maximum atomic E-state index is 11.8. The minimum Gasteiger partial charge on any atom is -0.461 e. The first kappa shape index (κ1) is 17.2. The molecule has 0 spiro atoms. The fourth-order valence-corrected chi connectivity index (χ4v) is 1.62. The lowest BCUT2D eigenvalue weighted by molar-refractivity contribution is -0.175. The average Bonchev–Trinajstić information content (AvgIpc) is 2.36. The third kappa shape index (κ3) is 4.44. The molecule has 0 aromatic rings. The van der Waals surface area contributed by atoms with Crippen molar-refractivity contribution in [3.63, 3.8) is 0 Å². The van der Waals surface area contributed by atoms with Crippen LogP contribution in [-0.4, -0.2) is 50.3 Å². The Balaban J connectivity index is 5.32. The number of hydrogen-bond donors (Lipinski definition) is 0. The van der Waals surface area contributed by atoms with E-state index in [0.29, 0.717) is 13.2 Å². The monoisotopic (exact) mass is 281 g/mol. The molecular weight excluding hydrogens is 262 g/mol. The number of alkyl halides is 1. The van der Waals surface area contributed by atoms with Crippen LogP contribution in [0.5, 0.6) is 0 Å². The van der Waals surface area contributed by atoms with Crippen molar-refractivity contribution < 1.29 is 23.8 Å². The van der Waals surface area contributed by atoms with Gasteiger partial charge in [0.25, 0.3) is 0 Å². The van der Waals surface area contributed by atoms with Crippen LogP contribution >= 0.6 is 11.6 Å². The molecule has 0 unspecified atom stereocenters. The molecule has 0 amide bonds. The Morgan fingerprint density at radius 1 is 1.17 bits per heavy atom. The highest BCUT2D eigenvalue weighted by Gasteiger charge is 2.43. The third-order valence-electron chi connectivity index (χ3n) is 1.94. The first-order chi connectivity index (χ1) is 8.61. The van der Waals surface area contributed by atoms with E-state index in [-0.39, 0.29) is 18.2 Å². The zero-order valence-corrected chi connectivity index (χ0v) is 12.0. The van der Waals surface area contributed by atoms with Gasteiger partial charge < -0.3 is 19.0 Å². The summed E-state index contributed by atoms with van der Waals surface area (Å²) in [6.07, 6.45) is 0. The van der Waals surface area contributed by atoms with Gasteiger partial charge in [0.05, 0.1) is 12.5 Å². The second-order valence-electron chi connectivity index (χ2n) is 3.10. The molecule has 0 atom stereocenters. The maximum Gasteiger partial charge on any atom is 0.361 e. The zero-order valence-electron chi connectivity index (χ0n) is 11.2. The SMILES string of the molecule is CCOC(=O)C(=NOC)C(CCl)(OCC)OCC. The van der Waals surface area contributed by atoms with Crippen molar-refractivity contribution in [2.24, 2.45) is 5.16 Å². The molecule has 0 radical (unpaired) electrons. The summed E-state index contributed by atoms with van der Waals surface area (Å²) in [6, 6.07) is 0. The Kier molecular flexibility index (Phi) is 8.70. The maximum absolute atomic E-state index is 11.8. The molecule has 0 aliphatic heterocycles. The Hall–Kier alpha value is -0.850. The van der Waals surface area contributed by atoms with Crippen molar-refractivity contribution in [1.29, 1.82) is 0 Å². The summed E-state index contributed by atoms with van der Waals surface area (Å²) < 4.78 is 15.8. The van der Waals surface area contributed by atoms with Gasteiger partial charge in [0, 0.05) is 13.2 Å². The van der Waals surface area contributed by atoms with Gasteiger partial charge in [-0.3, -0.25) is 0 Å². The van der Waals surface area contributed by atoms with Crippen LogP contribution in [0.25, 0.3) is 0 Å². The highest BCUT2D eigenvalue weighted by Crippen LogP contribution is 2.20. The summed E-state index contributed by atoms with van der Waals surface area (Å²) in [4.78, 5) is 16.5. The Morgan fingerprint density at radius 2 is 1.72 bits per heavy atom. The lowest BCUT2D eigenvalue weighted by atomic mass is 10.2. The first-order valence-corrected chi connectivity index (χ1v) is 6.27. The molecule has 0 aliphatic carbocycles. The number of esters is 1. The van der Waals surface area contributed by atoms with Crippen LogP contribution in [0.1, 0.15) is 20.8 Å². The summed E-state index contributed by atoms with van der Waals surface area (Å²) in [6.45, 7) is 6.01. The van der Waals surface area contributed by atoms with Gasteiger partial charge in [-0.05, 0) is 20.8 Å². The van der Waals surface area contributed by atoms with Crippen LogP contribution in [0.15, 0.2) is 5.16 Å². The summed E-state index contributed by atoms with van der Waals surface area (Å²) in [5.74, 6) is -2.23. The third-order valence-corrected chi connectivity index (χ3v) is 2.29. The van der Waals surface area contributed by atoms with E-state index in [0.717, 1.165) is 0 Å². The summed E-state index contributed by atoms with van der Waals surface area (Å²) in [5.41, 5.74) is -0.134. The van der Waals surface area contributed by atoms with Crippen LogP contribution in [-0.2, 0) is 23.8 Å². The molecule has 0 bridgehead atoms. The summed E-state index contributed by atoms with van der Waals surface area (Å²) in [5, 5.41) is 3.63. The molecule has 7 heteroatoms. The number of nitrogens with zero attached hydrogens (tertiary/aromatic N) is 1. The highest BCUT2D eigenvalue weighted by molar-refractivity contribution is 6.40. The predicted octanol–water partition coefficient (Wildman–Crippen LogP) is 1.56. The number of oxime groups is 1. The number of hydrogen-bond acceptors (Lipinski definition) is 6. The first-order valence-electron chi connectivity index (χ1n) is 5.74. The van der Waals surface area contributed by atoms with Gasteiger partial charge in [-0.15, -0.1) is 11.6 Å². The lowest BCUT2D eigenvalue weighted by Gasteiger charge is -2.30. The molecule has 0 aromatic carbocycles. The number of ether oxygens (including phenoxy) is 3. The predicted molar refractivity (Wildman–Crippen MR) is 67.8 cm³/mol. The molecule has 0 saturated heterocycles. The van der Waals surface area contributed by atoms with E-state index in [9.17, 15) is 4.79 Å². The quantitative estimate of drug-likeness (QED) is 0.211. The van der Waals surface area contributed by atoms with Crippen LogP contribution < -0.4 is 0 Å². The molecule has 6 nitrogen and oxygen atoms in total. The van der Waals surface area contributed by atoms with Crippen molar-refractivity contribution in [1.82, 2.24) is 0 Å². The van der Waals surface area contributed by atoms with Crippen molar-refractivity contribution >= 4 is 23.3 Å². The second-order valence-corrected chi connectivity index (χ2v) is 3.36.